The Labute approximate surface area is 277 Å². The van der Waals surface area contributed by atoms with E-state index in [0.717, 1.165) is 16.6 Å². The Morgan fingerprint density at radius 2 is 1.00 bits per heavy atom. The molecule has 0 atom stereocenters. The number of fused-ring (bicyclic) bond motifs is 6. The van der Waals surface area contributed by atoms with Crippen LogP contribution in [-0.2, 0) is 5.41 Å². The lowest BCUT2D eigenvalue weighted by Crippen LogP contribution is -2.15. The van der Waals surface area contributed by atoms with Gasteiger partial charge in [-0.15, -0.1) is 0 Å². The minimum Gasteiger partial charge on any atom is -0.456 e. The van der Waals surface area contributed by atoms with E-state index in [-0.39, 0.29) is 5.41 Å². The van der Waals surface area contributed by atoms with Gasteiger partial charge in [-0.2, -0.15) is 0 Å². The molecule has 0 amide bonds. The van der Waals surface area contributed by atoms with E-state index in [2.05, 4.69) is 159 Å². The Balaban J connectivity index is 1.26. The molecule has 0 spiro atoms. The molecule has 224 valence electrons. The largest absolute Gasteiger partial charge is 0.456 e. The van der Waals surface area contributed by atoms with Gasteiger partial charge in [0.25, 0.3) is 0 Å². The molecule has 48 heavy (non-hydrogen) atoms. The Morgan fingerprint density at radius 1 is 0.396 bits per heavy atom. The van der Waals surface area contributed by atoms with Crippen molar-refractivity contribution in [2.24, 2.45) is 0 Å². The van der Waals surface area contributed by atoms with Gasteiger partial charge in [-0.25, -0.2) is 0 Å². The highest BCUT2D eigenvalue weighted by atomic mass is 16.3. The van der Waals surface area contributed by atoms with Crippen molar-refractivity contribution in [3.05, 3.63) is 157 Å². The molecule has 1 heterocycles. The molecule has 0 saturated heterocycles. The van der Waals surface area contributed by atoms with Gasteiger partial charge in [0.15, 0.2) is 0 Å². The van der Waals surface area contributed by atoms with Crippen molar-refractivity contribution in [3.8, 4) is 22.3 Å². The lowest BCUT2D eigenvalue weighted by molar-refractivity contribution is 0.663. The standard InChI is InChI=1S/C47H30O/c1-47(2)38-19-9-13-27-21-22-30-23-31(25-39(47)44(30)43(27)38)42-32-14-5-7-16-34(32)45(35-17-8-6-15-33(35)42)36-18-10-20-40-46(36)37-24-28-11-3-4-12-29(28)26-41(37)48-40/h3-26H,1-2H3. The number of hydrogen-bond acceptors (Lipinski definition) is 1. The zero-order valence-corrected chi connectivity index (χ0v) is 26.8. The van der Waals surface area contributed by atoms with Gasteiger partial charge >= 0.3 is 0 Å². The maximum absolute atomic E-state index is 6.55. The van der Waals surface area contributed by atoms with Gasteiger partial charge in [-0.05, 0) is 118 Å². The van der Waals surface area contributed by atoms with E-state index in [9.17, 15) is 0 Å². The SMILES string of the molecule is CC1(C)c2cccc3ccc4cc(-c5c6ccccc6c(-c6cccc7oc8cc9ccccc9cc8c67)c6ccccc56)cc1c4c23. The van der Waals surface area contributed by atoms with Crippen LogP contribution in [0.15, 0.2) is 150 Å². The number of furan rings is 1. The second-order valence-corrected chi connectivity index (χ2v) is 14.0. The van der Waals surface area contributed by atoms with Crippen LogP contribution in [0.1, 0.15) is 25.0 Å². The molecule has 1 aromatic heterocycles. The van der Waals surface area contributed by atoms with Gasteiger partial charge < -0.3 is 4.42 Å². The summed E-state index contributed by atoms with van der Waals surface area (Å²) in [5, 5.41) is 15.2. The molecule has 1 nitrogen and oxygen atoms in total. The van der Waals surface area contributed by atoms with Crippen LogP contribution >= 0.6 is 0 Å². The maximum Gasteiger partial charge on any atom is 0.136 e. The third-order valence-electron chi connectivity index (χ3n) is 11.2. The third kappa shape index (κ3) is 3.31. The minimum absolute atomic E-state index is 0.0782. The highest BCUT2D eigenvalue weighted by Gasteiger charge is 2.34. The summed E-state index contributed by atoms with van der Waals surface area (Å²) in [5.74, 6) is 0. The highest BCUT2D eigenvalue weighted by Crippen LogP contribution is 2.52. The lowest BCUT2D eigenvalue weighted by atomic mass is 9.79. The normalized spacial score (nSPS) is 13.8. The summed E-state index contributed by atoms with van der Waals surface area (Å²) >= 11 is 0. The summed E-state index contributed by atoms with van der Waals surface area (Å²) < 4.78 is 6.55. The third-order valence-corrected chi connectivity index (χ3v) is 11.2. The summed E-state index contributed by atoms with van der Waals surface area (Å²) in [6.45, 7) is 4.78. The molecule has 1 heteroatoms. The zero-order valence-electron chi connectivity index (χ0n) is 26.8. The van der Waals surface area contributed by atoms with Crippen molar-refractivity contribution >= 4 is 75.8 Å². The molecule has 0 fully saturated rings. The number of benzene rings is 9. The van der Waals surface area contributed by atoms with Gasteiger partial charge in [-0.3, -0.25) is 0 Å². The zero-order chi connectivity index (χ0) is 31.7. The van der Waals surface area contributed by atoms with E-state index in [1.807, 2.05) is 0 Å². The second kappa shape index (κ2) is 9.12. The van der Waals surface area contributed by atoms with Crippen molar-refractivity contribution in [3.63, 3.8) is 0 Å². The Morgan fingerprint density at radius 3 is 1.75 bits per heavy atom. The fourth-order valence-corrected chi connectivity index (χ4v) is 9.00. The summed E-state index contributed by atoms with van der Waals surface area (Å²) in [7, 11) is 0. The molecule has 0 N–H and O–H groups in total. The Bertz CT molecular complexity index is 2970. The van der Waals surface area contributed by atoms with Crippen LogP contribution in [0, 0.1) is 0 Å². The van der Waals surface area contributed by atoms with Crippen LogP contribution in [0.5, 0.6) is 0 Å². The molecular formula is C47H30O. The van der Waals surface area contributed by atoms with Gasteiger partial charge in [0.1, 0.15) is 11.2 Å². The van der Waals surface area contributed by atoms with Crippen LogP contribution in [0.2, 0.25) is 0 Å². The smallest absolute Gasteiger partial charge is 0.136 e. The van der Waals surface area contributed by atoms with Crippen LogP contribution in [0.4, 0.5) is 0 Å². The van der Waals surface area contributed by atoms with E-state index < -0.39 is 0 Å². The van der Waals surface area contributed by atoms with Crippen molar-refractivity contribution in [1.82, 2.24) is 0 Å². The molecule has 0 saturated carbocycles. The van der Waals surface area contributed by atoms with Crippen LogP contribution in [-0.4, -0.2) is 0 Å². The Hall–Kier alpha value is -5.92. The average molecular weight is 611 g/mol. The van der Waals surface area contributed by atoms with Gasteiger partial charge in [0.05, 0.1) is 0 Å². The summed E-state index contributed by atoms with van der Waals surface area (Å²) in [5.41, 5.74) is 9.64. The van der Waals surface area contributed by atoms with Crippen molar-refractivity contribution < 1.29 is 4.42 Å². The van der Waals surface area contributed by atoms with E-state index >= 15 is 0 Å². The highest BCUT2D eigenvalue weighted by molar-refractivity contribution is 6.27. The molecule has 1 aliphatic carbocycles. The molecule has 1 aliphatic rings. The van der Waals surface area contributed by atoms with Crippen LogP contribution < -0.4 is 0 Å². The molecular weight excluding hydrogens is 581 g/mol. The first-order valence-electron chi connectivity index (χ1n) is 16.8. The molecule has 0 aliphatic heterocycles. The number of hydrogen-bond donors (Lipinski definition) is 0. The molecule has 11 rings (SSSR count). The van der Waals surface area contributed by atoms with E-state index in [1.165, 1.54) is 92.6 Å². The first kappa shape index (κ1) is 26.2. The predicted octanol–water partition coefficient (Wildman–Crippen LogP) is 13.3. The average Bonchev–Trinajstić information content (AvgIpc) is 3.60. The summed E-state index contributed by atoms with van der Waals surface area (Å²) in [6.07, 6.45) is 0. The first-order valence-corrected chi connectivity index (χ1v) is 16.8. The monoisotopic (exact) mass is 610 g/mol. The van der Waals surface area contributed by atoms with Gasteiger partial charge in [0, 0.05) is 16.2 Å². The lowest BCUT2D eigenvalue weighted by Gasteiger charge is -2.23. The topological polar surface area (TPSA) is 13.1 Å². The van der Waals surface area contributed by atoms with Gasteiger partial charge in [0.2, 0.25) is 0 Å². The molecule has 0 bridgehead atoms. The second-order valence-electron chi connectivity index (χ2n) is 14.0. The molecule has 9 aromatic carbocycles. The van der Waals surface area contributed by atoms with Crippen molar-refractivity contribution in [2.45, 2.75) is 19.3 Å². The summed E-state index contributed by atoms with van der Waals surface area (Å²) in [4.78, 5) is 0. The van der Waals surface area contributed by atoms with E-state index in [4.69, 9.17) is 4.42 Å². The number of rotatable bonds is 2. The Kier molecular flexibility index (Phi) is 4.97. The van der Waals surface area contributed by atoms with Crippen LogP contribution in [0.25, 0.3) is 98.1 Å². The maximum atomic E-state index is 6.55. The quantitative estimate of drug-likeness (QED) is 0.140. The fourth-order valence-electron chi connectivity index (χ4n) is 9.00. The molecule has 10 aromatic rings. The van der Waals surface area contributed by atoms with E-state index in [0.29, 0.717) is 0 Å². The minimum atomic E-state index is -0.0782. The first-order chi connectivity index (χ1) is 23.6. The summed E-state index contributed by atoms with van der Waals surface area (Å²) in [6, 6.07) is 53.9. The van der Waals surface area contributed by atoms with Gasteiger partial charge in [-0.1, -0.05) is 129 Å². The predicted molar refractivity (Wildman–Crippen MR) is 204 cm³/mol. The molecule has 0 radical (unpaired) electrons. The van der Waals surface area contributed by atoms with Crippen LogP contribution in [0.3, 0.4) is 0 Å². The van der Waals surface area contributed by atoms with Crippen molar-refractivity contribution in [2.75, 3.05) is 0 Å². The van der Waals surface area contributed by atoms with E-state index in [1.54, 1.807) is 0 Å². The van der Waals surface area contributed by atoms with Crippen molar-refractivity contribution in [1.29, 1.82) is 0 Å². The fraction of sp³-hybridized carbons (Fsp3) is 0.0638. The molecule has 0 unspecified atom stereocenters.